The van der Waals surface area contributed by atoms with Crippen LogP contribution in [0.2, 0.25) is 0 Å². The van der Waals surface area contributed by atoms with Gasteiger partial charge in [-0.1, -0.05) is 6.92 Å². The highest BCUT2D eigenvalue weighted by Gasteiger charge is 2.33. The molecule has 0 unspecified atom stereocenters. The summed E-state index contributed by atoms with van der Waals surface area (Å²) < 4.78 is 69.7. The van der Waals surface area contributed by atoms with Crippen molar-refractivity contribution in [1.29, 1.82) is 5.26 Å². The summed E-state index contributed by atoms with van der Waals surface area (Å²) in [5.41, 5.74) is -0.266. The highest BCUT2D eigenvalue weighted by molar-refractivity contribution is 7.91. The number of rotatable bonds is 4. The van der Waals surface area contributed by atoms with Gasteiger partial charge in [0.25, 0.3) is 0 Å². The molecule has 0 aromatic carbocycles. The highest BCUT2D eigenvalue weighted by atomic mass is 32.2. The molecule has 0 saturated carbocycles. The predicted molar refractivity (Wildman–Crippen MR) is 126 cm³/mol. The molecule has 0 radical (unpaired) electrons. The highest BCUT2D eigenvalue weighted by Crippen LogP contribution is 2.36. The van der Waals surface area contributed by atoms with Crippen molar-refractivity contribution in [3.63, 3.8) is 0 Å². The molecule has 0 spiro atoms. The first-order valence-electron chi connectivity index (χ1n) is 10.9. The first kappa shape index (κ1) is 23.7. The molecule has 5 rings (SSSR count). The normalized spacial score (nSPS) is 13.0. The van der Waals surface area contributed by atoms with Crippen molar-refractivity contribution in [1.82, 2.24) is 24.0 Å². The van der Waals surface area contributed by atoms with Crippen LogP contribution in [-0.2, 0) is 21.4 Å². The minimum atomic E-state index is -4.57. The number of sulfone groups is 1. The van der Waals surface area contributed by atoms with E-state index in [1.54, 1.807) is 32.2 Å². The number of hydrogen-bond donors (Lipinski definition) is 0. The fraction of sp³-hybridized carbons (Fsp3) is 0.250. The Bertz CT molecular complexity index is 1830. The van der Waals surface area contributed by atoms with Gasteiger partial charge in [0.1, 0.15) is 27.6 Å². The smallest absolute Gasteiger partial charge is 0.283 e. The summed E-state index contributed by atoms with van der Waals surface area (Å²) in [6.45, 7) is 4.95. The fourth-order valence-electron chi connectivity index (χ4n) is 4.12. The topological polar surface area (TPSA) is 105 Å². The largest absolute Gasteiger partial charge is 0.417 e. The molecule has 5 heterocycles. The van der Waals surface area contributed by atoms with E-state index in [0.29, 0.717) is 5.56 Å². The quantitative estimate of drug-likeness (QED) is 0.342. The Hall–Kier alpha value is -3.98. The monoisotopic (exact) mass is 512 g/mol. The lowest BCUT2D eigenvalue weighted by atomic mass is 9.87. The van der Waals surface area contributed by atoms with Crippen LogP contribution in [0.1, 0.15) is 31.9 Å². The average molecular weight is 513 g/mol. The van der Waals surface area contributed by atoms with Crippen LogP contribution in [0.5, 0.6) is 0 Å². The Morgan fingerprint density at radius 1 is 1.14 bits per heavy atom. The molecule has 5 aromatic rings. The van der Waals surface area contributed by atoms with E-state index in [1.807, 2.05) is 0 Å². The van der Waals surface area contributed by atoms with Gasteiger partial charge in [-0.3, -0.25) is 4.40 Å². The third-order valence-electron chi connectivity index (χ3n) is 6.16. The Morgan fingerprint density at radius 2 is 1.89 bits per heavy atom. The lowest BCUT2D eigenvalue weighted by Crippen LogP contribution is -2.14. The molecule has 0 amide bonds. The Labute approximate surface area is 203 Å². The first-order chi connectivity index (χ1) is 16.9. The van der Waals surface area contributed by atoms with Crippen molar-refractivity contribution in [3.8, 4) is 17.5 Å². The summed E-state index contributed by atoms with van der Waals surface area (Å²) in [5, 5.41) is 13.9. The standard InChI is InChI=1S/C24H19F3N6O2S/c1-4-36(34,35)21-18-11-14(23(2,3)13-28)8-10-33(18)31-20(21)17-12-32-19(30-17)6-5-15-16(24(25,26)27)7-9-29-22(15)32/h5-12H,4H2,1-3H3. The fourth-order valence-corrected chi connectivity index (χ4v) is 5.31. The molecule has 0 N–H and O–H groups in total. The lowest BCUT2D eigenvalue weighted by molar-refractivity contribution is -0.136. The van der Waals surface area contributed by atoms with E-state index in [0.717, 1.165) is 12.3 Å². The van der Waals surface area contributed by atoms with Crippen molar-refractivity contribution >= 4 is 32.0 Å². The van der Waals surface area contributed by atoms with Gasteiger partial charge in [0.2, 0.25) is 0 Å². The van der Waals surface area contributed by atoms with Gasteiger partial charge in [0.15, 0.2) is 9.84 Å². The summed E-state index contributed by atoms with van der Waals surface area (Å²) >= 11 is 0. The van der Waals surface area contributed by atoms with Crippen molar-refractivity contribution < 1.29 is 21.6 Å². The summed E-state index contributed by atoms with van der Waals surface area (Å²) in [5.74, 6) is -0.208. The SMILES string of the molecule is CCS(=O)(=O)c1c(-c2cn3c(ccc4c(C(F)(F)F)ccnc43)n2)nn2ccc(C(C)(C)C#N)cc12. The Morgan fingerprint density at radius 3 is 2.56 bits per heavy atom. The molecule has 0 fully saturated rings. The van der Waals surface area contributed by atoms with Crippen LogP contribution in [0.25, 0.3) is 33.6 Å². The number of nitrogens with zero attached hydrogens (tertiary/aromatic N) is 6. The van der Waals surface area contributed by atoms with Crippen molar-refractivity contribution in [2.24, 2.45) is 0 Å². The van der Waals surface area contributed by atoms with Crippen LogP contribution in [0.15, 0.2) is 53.8 Å². The second-order valence-electron chi connectivity index (χ2n) is 8.84. The van der Waals surface area contributed by atoms with Crippen LogP contribution >= 0.6 is 0 Å². The predicted octanol–water partition coefficient (Wildman–Crippen LogP) is 4.81. The maximum atomic E-state index is 13.5. The number of alkyl halides is 3. The third kappa shape index (κ3) is 3.58. The summed E-state index contributed by atoms with van der Waals surface area (Å²) in [6.07, 6.45) is -0.497. The minimum absolute atomic E-state index is 0.0304. The van der Waals surface area contributed by atoms with Gasteiger partial charge in [0.05, 0.1) is 28.3 Å². The van der Waals surface area contributed by atoms with E-state index in [-0.39, 0.29) is 44.2 Å². The Balaban J connectivity index is 1.81. The third-order valence-corrected chi connectivity index (χ3v) is 7.94. The molecule has 12 heteroatoms. The van der Waals surface area contributed by atoms with Crippen LogP contribution in [-0.4, -0.2) is 38.2 Å². The molecule has 0 aliphatic rings. The average Bonchev–Trinajstić information content (AvgIpc) is 3.44. The zero-order valence-electron chi connectivity index (χ0n) is 19.4. The Kier molecular flexibility index (Phi) is 5.12. The number of pyridine rings is 3. The van der Waals surface area contributed by atoms with Crippen molar-refractivity contribution in [2.75, 3.05) is 5.75 Å². The molecule has 36 heavy (non-hydrogen) atoms. The number of hydrogen-bond acceptors (Lipinski definition) is 6. The molecular formula is C24H19F3N6O2S. The van der Waals surface area contributed by atoms with Crippen molar-refractivity contribution in [2.45, 2.75) is 37.3 Å². The van der Waals surface area contributed by atoms with Crippen LogP contribution in [0.4, 0.5) is 13.2 Å². The zero-order chi connectivity index (χ0) is 26.0. The van der Waals surface area contributed by atoms with Gasteiger partial charge in [0, 0.05) is 24.0 Å². The maximum Gasteiger partial charge on any atom is 0.417 e. The number of aromatic nitrogens is 5. The molecule has 0 atom stereocenters. The van der Waals surface area contributed by atoms with E-state index in [2.05, 4.69) is 21.1 Å². The number of nitriles is 1. The summed E-state index contributed by atoms with van der Waals surface area (Å²) in [4.78, 5) is 8.52. The van der Waals surface area contributed by atoms with Gasteiger partial charge in [-0.15, -0.1) is 0 Å². The molecular weight excluding hydrogens is 493 g/mol. The second kappa shape index (κ2) is 7.76. The van der Waals surface area contributed by atoms with Gasteiger partial charge >= 0.3 is 6.18 Å². The minimum Gasteiger partial charge on any atom is -0.283 e. The summed E-state index contributed by atoms with van der Waals surface area (Å²) in [6, 6.07) is 9.12. The zero-order valence-corrected chi connectivity index (χ0v) is 20.2. The van der Waals surface area contributed by atoms with Crippen LogP contribution in [0.3, 0.4) is 0 Å². The van der Waals surface area contributed by atoms with E-state index in [4.69, 9.17) is 0 Å². The summed E-state index contributed by atoms with van der Waals surface area (Å²) in [7, 11) is -3.82. The number of imidazole rings is 1. The lowest BCUT2D eigenvalue weighted by Gasteiger charge is -2.15. The molecule has 8 nitrogen and oxygen atoms in total. The number of halogens is 3. The molecule has 0 aliphatic heterocycles. The second-order valence-corrected chi connectivity index (χ2v) is 11.1. The van der Waals surface area contributed by atoms with E-state index >= 15 is 0 Å². The first-order valence-corrected chi connectivity index (χ1v) is 12.5. The van der Waals surface area contributed by atoms with Crippen LogP contribution in [0, 0.1) is 11.3 Å². The van der Waals surface area contributed by atoms with Gasteiger partial charge < -0.3 is 0 Å². The van der Waals surface area contributed by atoms with E-state index < -0.39 is 27.0 Å². The maximum absolute atomic E-state index is 13.5. The molecule has 0 bridgehead atoms. The van der Waals surface area contributed by atoms with Gasteiger partial charge in [-0.25, -0.2) is 22.9 Å². The molecule has 0 saturated heterocycles. The van der Waals surface area contributed by atoms with Crippen molar-refractivity contribution in [3.05, 3.63) is 60.0 Å². The van der Waals surface area contributed by atoms with E-state index in [9.17, 15) is 26.9 Å². The number of fused-ring (bicyclic) bond motifs is 4. The van der Waals surface area contributed by atoms with E-state index in [1.165, 1.54) is 34.2 Å². The molecule has 0 aliphatic carbocycles. The van der Waals surface area contributed by atoms with Crippen LogP contribution < -0.4 is 0 Å². The van der Waals surface area contributed by atoms with Gasteiger partial charge in [-0.05, 0) is 49.7 Å². The van der Waals surface area contributed by atoms with Gasteiger partial charge in [-0.2, -0.15) is 23.5 Å². The molecule has 184 valence electrons. The molecule has 5 aromatic heterocycles.